The number of carbonyl (C=O) groups is 1. The normalized spacial score (nSPS) is 23.6. The minimum atomic E-state index is 0.355. The molecule has 0 saturated carbocycles. The van der Waals surface area contributed by atoms with Crippen LogP contribution < -0.4 is 4.90 Å². The van der Waals surface area contributed by atoms with Crippen LogP contribution >= 0.6 is 0 Å². The fourth-order valence-corrected chi connectivity index (χ4v) is 3.67. The minimum absolute atomic E-state index is 0.355. The van der Waals surface area contributed by atoms with Crippen molar-refractivity contribution >= 4 is 11.6 Å². The zero-order valence-corrected chi connectivity index (χ0v) is 13.6. The third-order valence-electron chi connectivity index (χ3n) is 4.94. The van der Waals surface area contributed by atoms with Crippen LogP contribution in [-0.4, -0.2) is 62.0 Å². The number of nitrogens with zero attached hydrogens (tertiary/aromatic N) is 3. The maximum absolute atomic E-state index is 12.5. The van der Waals surface area contributed by atoms with Crippen LogP contribution in [0.4, 0.5) is 5.69 Å². The van der Waals surface area contributed by atoms with E-state index in [0.29, 0.717) is 11.8 Å². The lowest BCUT2D eigenvalue weighted by Gasteiger charge is -2.37. The summed E-state index contributed by atoms with van der Waals surface area (Å²) >= 11 is 0. The molecule has 0 aromatic heterocycles. The van der Waals surface area contributed by atoms with Gasteiger partial charge in [0.15, 0.2) is 0 Å². The molecule has 4 heteroatoms. The van der Waals surface area contributed by atoms with Crippen LogP contribution in [0.3, 0.4) is 0 Å². The lowest BCUT2D eigenvalue weighted by atomic mass is 9.94. The van der Waals surface area contributed by atoms with Crippen molar-refractivity contribution in [2.24, 2.45) is 5.92 Å². The zero-order valence-electron chi connectivity index (χ0n) is 13.6. The summed E-state index contributed by atoms with van der Waals surface area (Å²) in [5, 5.41) is 0. The standard InChI is InChI=1S/C18H27N3O/c1-19-9-5-6-16(15-19)14-18(22)21-12-10-20(11-13-21)17-7-3-2-4-8-17/h2-4,7-8,16H,5-6,9-15H2,1H3. The van der Waals surface area contributed by atoms with Crippen LogP contribution in [0.1, 0.15) is 19.3 Å². The molecule has 1 atom stereocenters. The Labute approximate surface area is 133 Å². The smallest absolute Gasteiger partial charge is 0.223 e. The molecule has 120 valence electrons. The van der Waals surface area contributed by atoms with Crippen molar-refractivity contribution in [3.05, 3.63) is 30.3 Å². The second kappa shape index (κ2) is 7.14. The molecule has 1 aromatic rings. The van der Waals surface area contributed by atoms with Gasteiger partial charge in [-0.1, -0.05) is 18.2 Å². The molecular weight excluding hydrogens is 274 g/mol. The SMILES string of the molecule is CN1CCCC(CC(=O)N2CCN(c3ccccc3)CC2)C1. The second-order valence-electron chi connectivity index (χ2n) is 6.68. The van der Waals surface area contributed by atoms with E-state index >= 15 is 0 Å². The summed E-state index contributed by atoms with van der Waals surface area (Å²) in [5.41, 5.74) is 1.27. The first kappa shape index (κ1) is 15.3. The van der Waals surface area contributed by atoms with Gasteiger partial charge in [0.05, 0.1) is 0 Å². The van der Waals surface area contributed by atoms with Crippen molar-refractivity contribution in [1.82, 2.24) is 9.80 Å². The lowest BCUT2D eigenvalue weighted by molar-refractivity contribution is -0.132. The first-order chi connectivity index (χ1) is 10.7. The van der Waals surface area contributed by atoms with Crippen molar-refractivity contribution in [2.45, 2.75) is 19.3 Å². The number of piperidine rings is 1. The number of anilines is 1. The Kier molecular flexibility index (Phi) is 4.98. The fourth-order valence-electron chi connectivity index (χ4n) is 3.67. The first-order valence-corrected chi connectivity index (χ1v) is 8.48. The first-order valence-electron chi connectivity index (χ1n) is 8.48. The predicted molar refractivity (Wildman–Crippen MR) is 90.1 cm³/mol. The molecule has 1 unspecified atom stereocenters. The Morgan fingerprint density at radius 2 is 1.82 bits per heavy atom. The molecule has 1 aromatic carbocycles. The highest BCUT2D eigenvalue weighted by molar-refractivity contribution is 5.76. The largest absolute Gasteiger partial charge is 0.368 e. The maximum atomic E-state index is 12.5. The maximum Gasteiger partial charge on any atom is 0.223 e. The monoisotopic (exact) mass is 301 g/mol. The van der Waals surface area contributed by atoms with E-state index < -0.39 is 0 Å². The van der Waals surface area contributed by atoms with E-state index in [-0.39, 0.29) is 0 Å². The van der Waals surface area contributed by atoms with Gasteiger partial charge in [-0.3, -0.25) is 4.79 Å². The van der Waals surface area contributed by atoms with Crippen molar-refractivity contribution in [1.29, 1.82) is 0 Å². The van der Waals surface area contributed by atoms with Crippen LogP contribution in [0.5, 0.6) is 0 Å². The molecule has 0 N–H and O–H groups in total. The van der Waals surface area contributed by atoms with Crippen LogP contribution in [-0.2, 0) is 4.79 Å². The number of carbonyl (C=O) groups excluding carboxylic acids is 1. The molecule has 0 radical (unpaired) electrons. The summed E-state index contributed by atoms with van der Waals surface area (Å²) in [7, 11) is 2.16. The Hall–Kier alpha value is -1.55. The average Bonchev–Trinajstić information content (AvgIpc) is 2.56. The highest BCUT2D eigenvalue weighted by Gasteiger charge is 2.25. The van der Waals surface area contributed by atoms with Gasteiger partial charge in [0, 0.05) is 44.8 Å². The minimum Gasteiger partial charge on any atom is -0.368 e. The highest BCUT2D eigenvalue weighted by atomic mass is 16.2. The molecule has 2 fully saturated rings. The Morgan fingerprint density at radius 1 is 1.09 bits per heavy atom. The molecule has 2 aliphatic rings. The van der Waals surface area contributed by atoms with Gasteiger partial charge >= 0.3 is 0 Å². The molecule has 2 heterocycles. The van der Waals surface area contributed by atoms with Gasteiger partial charge in [0.1, 0.15) is 0 Å². The number of likely N-dealkylation sites (tertiary alicyclic amines) is 1. The van der Waals surface area contributed by atoms with E-state index in [0.717, 1.165) is 39.1 Å². The van der Waals surface area contributed by atoms with Gasteiger partial charge < -0.3 is 14.7 Å². The molecule has 0 spiro atoms. The summed E-state index contributed by atoms with van der Waals surface area (Å²) in [6.45, 7) is 5.86. The molecule has 4 nitrogen and oxygen atoms in total. The van der Waals surface area contributed by atoms with Crippen LogP contribution in [0.2, 0.25) is 0 Å². The van der Waals surface area contributed by atoms with Gasteiger partial charge in [-0.05, 0) is 44.5 Å². The Bertz CT molecular complexity index is 482. The van der Waals surface area contributed by atoms with Crippen molar-refractivity contribution < 1.29 is 4.79 Å². The summed E-state index contributed by atoms with van der Waals surface area (Å²) in [5.74, 6) is 0.909. The van der Waals surface area contributed by atoms with Gasteiger partial charge in [0.25, 0.3) is 0 Å². The molecule has 1 amide bonds. The van der Waals surface area contributed by atoms with E-state index in [1.54, 1.807) is 0 Å². The predicted octanol–water partition coefficient (Wildman–Crippen LogP) is 2.07. The summed E-state index contributed by atoms with van der Waals surface area (Å²) < 4.78 is 0. The number of hydrogen-bond donors (Lipinski definition) is 0. The van der Waals surface area contributed by atoms with Crippen LogP contribution in [0.25, 0.3) is 0 Å². The molecule has 0 aliphatic carbocycles. The van der Waals surface area contributed by atoms with Crippen molar-refractivity contribution in [2.75, 3.05) is 51.2 Å². The quantitative estimate of drug-likeness (QED) is 0.855. The van der Waals surface area contributed by atoms with Gasteiger partial charge in [-0.25, -0.2) is 0 Å². The third-order valence-corrected chi connectivity index (χ3v) is 4.94. The zero-order chi connectivity index (χ0) is 15.4. The van der Waals surface area contributed by atoms with Crippen LogP contribution in [0, 0.1) is 5.92 Å². The fraction of sp³-hybridized carbons (Fsp3) is 0.611. The second-order valence-corrected chi connectivity index (χ2v) is 6.68. The summed E-state index contributed by atoms with van der Waals surface area (Å²) in [4.78, 5) is 19.3. The van der Waals surface area contributed by atoms with E-state index in [2.05, 4.69) is 46.0 Å². The Morgan fingerprint density at radius 3 is 2.50 bits per heavy atom. The topological polar surface area (TPSA) is 26.8 Å². The van der Waals surface area contributed by atoms with Crippen molar-refractivity contribution in [3.8, 4) is 0 Å². The van der Waals surface area contributed by atoms with Gasteiger partial charge in [-0.15, -0.1) is 0 Å². The number of hydrogen-bond acceptors (Lipinski definition) is 3. The van der Waals surface area contributed by atoms with E-state index in [1.165, 1.54) is 25.1 Å². The van der Waals surface area contributed by atoms with Crippen LogP contribution in [0.15, 0.2) is 30.3 Å². The number of para-hydroxylation sites is 1. The number of piperazine rings is 1. The molecular formula is C18H27N3O. The van der Waals surface area contributed by atoms with E-state index in [9.17, 15) is 4.79 Å². The summed E-state index contributed by atoms with van der Waals surface area (Å²) in [6.07, 6.45) is 3.17. The van der Waals surface area contributed by atoms with Gasteiger partial charge in [-0.2, -0.15) is 0 Å². The molecule has 3 rings (SSSR count). The highest BCUT2D eigenvalue weighted by Crippen LogP contribution is 2.21. The number of amides is 1. The number of rotatable bonds is 3. The van der Waals surface area contributed by atoms with Gasteiger partial charge in [0.2, 0.25) is 5.91 Å². The average molecular weight is 301 g/mol. The number of benzene rings is 1. The van der Waals surface area contributed by atoms with E-state index in [1.807, 2.05) is 6.07 Å². The Balaban J connectivity index is 1.47. The lowest BCUT2D eigenvalue weighted by Crippen LogP contribution is -2.49. The molecule has 0 bridgehead atoms. The third kappa shape index (κ3) is 3.80. The summed E-state index contributed by atoms with van der Waals surface area (Å²) in [6, 6.07) is 10.5. The molecule has 22 heavy (non-hydrogen) atoms. The van der Waals surface area contributed by atoms with E-state index in [4.69, 9.17) is 0 Å². The molecule has 2 aliphatic heterocycles. The molecule has 2 saturated heterocycles. The van der Waals surface area contributed by atoms with Crippen molar-refractivity contribution in [3.63, 3.8) is 0 Å².